The van der Waals surface area contributed by atoms with Gasteiger partial charge in [0.05, 0.1) is 0 Å². The Bertz CT molecular complexity index is 193. The average Bonchev–Trinajstić information content (AvgIpc) is 1.85. The van der Waals surface area contributed by atoms with Crippen LogP contribution in [-0.2, 0) is 4.79 Å². The van der Waals surface area contributed by atoms with Gasteiger partial charge in [-0.15, -0.1) is 0 Å². The molecule has 0 amide bonds. The summed E-state index contributed by atoms with van der Waals surface area (Å²) in [5, 5.41) is 0. The van der Waals surface area contributed by atoms with E-state index in [1.165, 1.54) is 0 Å². The molecule has 0 radical (unpaired) electrons. The van der Waals surface area contributed by atoms with Crippen LogP contribution < -0.4 is 0 Å². The van der Waals surface area contributed by atoms with E-state index >= 15 is 0 Å². The Morgan fingerprint density at radius 3 is 2.09 bits per heavy atom. The molecule has 0 aromatic heterocycles. The largest absolute Gasteiger partial charge is 0.290 e. The van der Waals surface area contributed by atoms with Crippen LogP contribution in [0.4, 0.5) is 0 Å². The van der Waals surface area contributed by atoms with Crippen molar-refractivity contribution in [3.8, 4) is 0 Å². The van der Waals surface area contributed by atoms with Crippen LogP contribution in [0.15, 0.2) is 23.3 Å². The zero-order chi connectivity index (χ0) is 8.85. The van der Waals surface area contributed by atoms with E-state index in [1.54, 1.807) is 12.2 Å². The molecular formula is C10H16O. The zero-order valence-corrected chi connectivity index (χ0v) is 7.77. The van der Waals surface area contributed by atoms with E-state index < -0.39 is 0 Å². The standard InChI is InChI=1S/C10H16O/c1-5-9(4)7-10(11)6-8(2)3/h6-7H,5H2,1-4H3/b9-7+. The molecule has 0 saturated heterocycles. The van der Waals surface area contributed by atoms with Crippen LogP contribution in [0.1, 0.15) is 34.1 Å². The van der Waals surface area contributed by atoms with Crippen molar-refractivity contribution in [1.29, 1.82) is 0 Å². The van der Waals surface area contributed by atoms with Gasteiger partial charge in [-0.3, -0.25) is 4.79 Å². The predicted octanol–water partition coefficient (Wildman–Crippen LogP) is 2.88. The first-order chi connectivity index (χ1) is 5.06. The van der Waals surface area contributed by atoms with Crippen LogP contribution >= 0.6 is 0 Å². The Morgan fingerprint density at radius 2 is 1.73 bits per heavy atom. The number of carbonyl (C=O) groups is 1. The molecule has 0 aromatic carbocycles. The Morgan fingerprint density at radius 1 is 1.18 bits per heavy atom. The van der Waals surface area contributed by atoms with Crippen molar-refractivity contribution < 1.29 is 4.79 Å². The second kappa shape index (κ2) is 4.89. The second-order valence-electron chi connectivity index (χ2n) is 2.97. The molecule has 0 unspecified atom stereocenters. The third-order valence-electron chi connectivity index (χ3n) is 1.38. The molecule has 0 N–H and O–H groups in total. The van der Waals surface area contributed by atoms with Crippen molar-refractivity contribution in [3.63, 3.8) is 0 Å². The summed E-state index contributed by atoms with van der Waals surface area (Å²) in [6, 6.07) is 0. The summed E-state index contributed by atoms with van der Waals surface area (Å²) >= 11 is 0. The summed E-state index contributed by atoms with van der Waals surface area (Å²) in [6.07, 6.45) is 4.29. The van der Waals surface area contributed by atoms with E-state index in [1.807, 2.05) is 27.7 Å². The minimum Gasteiger partial charge on any atom is -0.290 e. The number of hydrogen-bond donors (Lipinski definition) is 0. The first-order valence-electron chi connectivity index (χ1n) is 3.92. The van der Waals surface area contributed by atoms with Gasteiger partial charge in [-0.1, -0.05) is 18.1 Å². The van der Waals surface area contributed by atoms with Crippen molar-refractivity contribution in [2.45, 2.75) is 34.1 Å². The topological polar surface area (TPSA) is 17.1 Å². The number of rotatable bonds is 3. The maximum absolute atomic E-state index is 11.1. The summed E-state index contributed by atoms with van der Waals surface area (Å²) < 4.78 is 0. The molecule has 1 nitrogen and oxygen atoms in total. The molecule has 0 aliphatic heterocycles. The van der Waals surface area contributed by atoms with E-state index in [-0.39, 0.29) is 5.78 Å². The van der Waals surface area contributed by atoms with E-state index in [0.29, 0.717) is 0 Å². The molecule has 0 atom stereocenters. The van der Waals surface area contributed by atoms with Crippen molar-refractivity contribution in [3.05, 3.63) is 23.3 Å². The van der Waals surface area contributed by atoms with Crippen molar-refractivity contribution in [1.82, 2.24) is 0 Å². The van der Waals surface area contributed by atoms with Gasteiger partial charge in [0.15, 0.2) is 5.78 Å². The molecule has 0 aromatic rings. The summed E-state index contributed by atoms with van der Waals surface area (Å²) in [4.78, 5) is 11.1. The fraction of sp³-hybridized carbons (Fsp3) is 0.500. The number of hydrogen-bond acceptors (Lipinski definition) is 1. The van der Waals surface area contributed by atoms with Crippen LogP contribution in [0.2, 0.25) is 0 Å². The van der Waals surface area contributed by atoms with Crippen molar-refractivity contribution in [2.24, 2.45) is 0 Å². The molecule has 62 valence electrons. The monoisotopic (exact) mass is 152 g/mol. The van der Waals surface area contributed by atoms with Gasteiger partial charge in [0.25, 0.3) is 0 Å². The minimum atomic E-state index is 0.101. The average molecular weight is 152 g/mol. The quantitative estimate of drug-likeness (QED) is 0.568. The Labute approximate surface area is 68.8 Å². The number of ketones is 1. The summed E-state index contributed by atoms with van der Waals surface area (Å²) in [5.41, 5.74) is 2.18. The summed E-state index contributed by atoms with van der Waals surface area (Å²) in [5.74, 6) is 0.101. The molecule has 0 spiro atoms. The lowest BCUT2D eigenvalue weighted by Gasteiger charge is -1.91. The van der Waals surface area contributed by atoms with Crippen LogP contribution in [-0.4, -0.2) is 5.78 Å². The molecule has 0 aliphatic carbocycles. The van der Waals surface area contributed by atoms with Gasteiger partial charge in [0.1, 0.15) is 0 Å². The first-order valence-corrected chi connectivity index (χ1v) is 3.92. The van der Waals surface area contributed by atoms with Gasteiger partial charge in [-0.25, -0.2) is 0 Å². The molecule has 1 heteroatoms. The van der Waals surface area contributed by atoms with E-state index in [0.717, 1.165) is 17.6 Å². The fourth-order valence-corrected chi connectivity index (χ4v) is 0.671. The van der Waals surface area contributed by atoms with Gasteiger partial charge >= 0.3 is 0 Å². The smallest absolute Gasteiger partial charge is 0.178 e. The predicted molar refractivity (Wildman–Crippen MR) is 48.5 cm³/mol. The molecule has 0 rings (SSSR count). The van der Waals surface area contributed by atoms with Gasteiger partial charge < -0.3 is 0 Å². The third kappa shape index (κ3) is 5.59. The minimum absolute atomic E-state index is 0.101. The van der Waals surface area contributed by atoms with Crippen molar-refractivity contribution in [2.75, 3.05) is 0 Å². The highest BCUT2D eigenvalue weighted by Crippen LogP contribution is 1.99. The highest BCUT2D eigenvalue weighted by Gasteiger charge is 1.91. The molecule has 0 fully saturated rings. The van der Waals surface area contributed by atoms with E-state index in [2.05, 4.69) is 0 Å². The highest BCUT2D eigenvalue weighted by atomic mass is 16.1. The molecule has 0 aliphatic rings. The van der Waals surface area contributed by atoms with Gasteiger partial charge in [0, 0.05) is 0 Å². The van der Waals surface area contributed by atoms with E-state index in [4.69, 9.17) is 0 Å². The fourth-order valence-electron chi connectivity index (χ4n) is 0.671. The van der Waals surface area contributed by atoms with Crippen LogP contribution in [0.25, 0.3) is 0 Å². The Kier molecular flexibility index (Phi) is 4.51. The SMILES string of the molecule is CC/C(C)=C/C(=O)C=C(C)C. The molecule has 0 heterocycles. The normalized spacial score (nSPS) is 11.1. The summed E-state index contributed by atoms with van der Waals surface area (Å²) in [6.45, 7) is 7.86. The number of carbonyl (C=O) groups excluding carboxylic acids is 1. The third-order valence-corrected chi connectivity index (χ3v) is 1.38. The lowest BCUT2D eigenvalue weighted by Crippen LogP contribution is -1.88. The molecule has 11 heavy (non-hydrogen) atoms. The molecular weight excluding hydrogens is 136 g/mol. The van der Waals surface area contributed by atoms with Crippen molar-refractivity contribution >= 4 is 5.78 Å². The number of allylic oxidation sites excluding steroid dienone is 4. The van der Waals surface area contributed by atoms with E-state index in [9.17, 15) is 4.79 Å². The van der Waals surface area contributed by atoms with Gasteiger partial charge in [0.2, 0.25) is 0 Å². The highest BCUT2D eigenvalue weighted by molar-refractivity contribution is 5.99. The lowest BCUT2D eigenvalue weighted by atomic mass is 10.1. The molecule has 0 bridgehead atoms. The lowest BCUT2D eigenvalue weighted by molar-refractivity contribution is -0.110. The maximum Gasteiger partial charge on any atom is 0.178 e. The molecule has 0 saturated carbocycles. The van der Waals surface area contributed by atoms with Gasteiger partial charge in [-0.05, 0) is 39.3 Å². The first kappa shape index (κ1) is 10.2. The zero-order valence-electron chi connectivity index (χ0n) is 7.77. The van der Waals surface area contributed by atoms with Gasteiger partial charge in [-0.2, -0.15) is 0 Å². The summed E-state index contributed by atoms with van der Waals surface area (Å²) in [7, 11) is 0. The maximum atomic E-state index is 11.1. The Hall–Kier alpha value is -0.850. The van der Waals surface area contributed by atoms with Crippen LogP contribution in [0.5, 0.6) is 0 Å². The van der Waals surface area contributed by atoms with Crippen LogP contribution in [0, 0.1) is 0 Å². The van der Waals surface area contributed by atoms with Crippen LogP contribution in [0.3, 0.4) is 0 Å². The Balaban J connectivity index is 4.19. The second-order valence-corrected chi connectivity index (χ2v) is 2.97.